The molecule has 55 heavy (non-hydrogen) atoms. The van der Waals surface area contributed by atoms with Gasteiger partial charge in [-0.1, -0.05) is 97.1 Å². The predicted molar refractivity (Wildman–Crippen MR) is 226 cm³/mol. The first-order valence-corrected chi connectivity index (χ1v) is 18.9. The average molecular weight is 706 g/mol. The quantitative estimate of drug-likeness (QED) is 0.185. The maximum Gasteiger partial charge on any atom is 0.145 e. The van der Waals surface area contributed by atoms with Crippen molar-refractivity contribution < 1.29 is 8.83 Å². The zero-order chi connectivity index (χ0) is 35.8. The molecule has 0 bridgehead atoms. The van der Waals surface area contributed by atoms with E-state index >= 15 is 0 Å². The highest BCUT2D eigenvalue weighted by molar-refractivity contribution is 6.25. The van der Waals surface area contributed by atoms with Crippen molar-refractivity contribution in [3.63, 3.8) is 0 Å². The van der Waals surface area contributed by atoms with Crippen LogP contribution >= 0.6 is 0 Å². The summed E-state index contributed by atoms with van der Waals surface area (Å²) in [6, 6.07) is 59.2. The Morgan fingerprint density at radius 3 is 1.55 bits per heavy atom. The third-order valence-electron chi connectivity index (χ3n) is 11.9. The number of aromatic nitrogens is 2. The second-order valence-electron chi connectivity index (χ2n) is 14.8. The lowest BCUT2D eigenvalue weighted by molar-refractivity contribution is 0.672. The Morgan fingerprint density at radius 1 is 0.436 bits per heavy atom. The van der Waals surface area contributed by atoms with E-state index in [4.69, 9.17) is 8.83 Å². The minimum Gasteiger partial charge on any atom is -0.455 e. The molecule has 1 N–H and O–H groups in total. The van der Waals surface area contributed by atoms with E-state index in [1.54, 1.807) is 0 Å². The molecule has 0 aliphatic carbocycles. The number of para-hydroxylation sites is 5. The number of hydrogen-bond donors (Lipinski definition) is 1. The summed E-state index contributed by atoms with van der Waals surface area (Å²) in [5, 5.41) is 12.9. The highest BCUT2D eigenvalue weighted by atomic mass is 16.3. The van der Waals surface area contributed by atoms with Crippen LogP contribution in [0.1, 0.15) is 11.6 Å². The van der Waals surface area contributed by atoms with Gasteiger partial charge in [0, 0.05) is 50.5 Å². The SMILES string of the molecule is c1ccc(-n2c3ccccc3c3c4oc5ccccc5c4ccc32)c(-c2ccc(-n3c4ccccc4c4c5oc6ccccc6c5ccc43)c(C3CN3)c2)c1. The van der Waals surface area contributed by atoms with Crippen LogP contribution in [0.15, 0.2) is 173 Å². The first kappa shape index (κ1) is 29.4. The molecule has 1 saturated heterocycles. The lowest BCUT2D eigenvalue weighted by atomic mass is 9.98. The minimum atomic E-state index is 0.267. The monoisotopic (exact) mass is 705 g/mol. The molecule has 5 heteroatoms. The fourth-order valence-corrected chi connectivity index (χ4v) is 9.39. The predicted octanol–water partition coefficient (Wildman–Crippen LogP) is 13.0. The molecule has 5 nitrogen and oxygen atoms in total. The molecule has 1 aliphatic heterocycles. The van der Waals surface area contributed by atoms with Gasteiger partial charge in [0.1, 0.15) is 22.3 Å². The fourth-order valence-electron chi connectivity index (χ4n) is 9.39. The van der Waals surface area contributed by atoms with Gasteiger partial charge in [-0.3, -0.25) is 0 Å². The van der Waals surface area contributed by atoms with Crippen molar-refractivity contribution in [3.05, 3.63) is 169 Å². The molecule has 258 valence electrons. The zero-order valence-electron chi connectivity index (χ0n) is 29.6. The standard InChI is InChI=1S/C50H31N3O2/c1-6-16-39(52-40-17-7-2-14-35(40)47-43(52)25-22-33-31-12-4-9-19-45(31)54-49(33)47)30(11-1)29-21-24-42(37(27-29)38-28-51-38)53-41-18-8-3-15-36(41)48-44(53)26-23-34-32-13-5-10-20-46(32)55-50(34)48/h1-27,38,51H,28H2. The van der Waals surface area contributed by atoms with E-state index in [-0.39, 0.29) is 6.04 Å². The summed E-state index contributed by atoms with van der Waals surface area (Å²) in [6.45, 7) is 0.948. The number of furan rings is 2. The first-order chi connectivity index (χ1) is 27.3. The number of nitrogens with one attached hydrogen (secondary N) is 1. The summed E-state index contributed by atoms with van der Waals surface area (Å²) in [5.74, 6) is 0. The fraction of sp³-hybridized carbons (Fsp3) is 0.0400. The van der Waals surface area contributed by atoms with E-state index in [0.29, 0.717) is 0 Å². The van der Waals surface area contributed by atoms with E-state index in [9.17, 15) is 0 Å². The highest BCUT2D eigenvalue weighted by Gasteiger charge is 2.29. The van der Waals surface area contributed by atoms with Gasteiger partial charge in [-0.15, -0.1) is 0 Å². The van der Waals surface area contributed by atoms with Crippen LogP contribution in [0, 0.1) is 0 Å². The Kier molecular flexibility index (Phi) is 5.74. The van der Waals surface area contributed by atoms with E-state index < -0.39 is 0 Å². The number of rotatable bonds is 4. The Morgan fingerprint density at radius 2 is 0.945 bits per heavy atom. The van der Waals surface area contributed by atoms with E-state index in [2.05, 4.69) is 166 Å². The molecular formula is C50H31N3O2. The summed E-state index contributed by atoms with van der Waals surface area (Å²) in [4.78, 5) is 0. The highest BCUT2D eigenvalue weighted by Crippen LogP contribution is 2.45. The third kappa shape index (κ3) is 4.00. The van der Waals surface area contributed by atoms with Gasteiger partial charge in [-0.2, -0.15) is 0 Å². The van der Waals surface area contributed by atoms with Gasteiger partial charge in [0.05, 0.1) is 44.2 Å². The first-order valence-electron chi connectivity index (χ1n) is 18.9. The Bertz CT molecular complexity index is 3570. The number of nitrogens with zero attached hydrogens (tertiary/aromatic N) is 2. The Hall–Kier alpha value is -7.08. The van der Waals surface area contributed by atoms with Crippen molar-refractivity contribution in [1.29, 1.82) is 0 Å². The van der Waals surface area contributed by atoms with Gasteiger partial charge in [-0.25, -0.2) is 0 Å². The molecule has 1 fully saturated rings. The van der Waals surface area contributed by atoms with E-state index in [1.165, 1.54) is 38.7 Å². The van der Waals surface area contributed by atoms with Crippen molar-refractivity contribution in [2.24, 2.45) is 0 Å². The molecule has 13 rings (SSSR count). The second-order valence-corrected chi connectivity index (χ2v) is 14.8. The Balaban J connectivity index is 1.04. The molecule has 8 aromatic carbocycles. The van der Waals surface area contributed by atoms with Crippen molar-refractivity contribution in [2.75, 3.05) is 6.54 Å². The smallest absolute Gasteiger partial charge is 0.145 e. The van der Waals surface area contributed by atoms with Gasteiger partial charge < -0.3 is 23.3 Å². The minimum absolute atomic E-state index is 0.267. The molecule has 1 atom stereocenters. The van der Waals surface area contributed by atoms with Crippen molar-refractivity contribution >= 4 is 87.5 Å². The van der Waals surface area contributed by atoms with Crippen LogP contribution in [-0.2, 0) is 0 Å². The molecule has 1 unspecified atom stereocenters. The lowest BCUT2D eigenvalue weighted by Crippen LogP contribution is -2.02. The summed E-state index contributed by atoms with van der Waals surface area (Å²) in [6.07, 6.45) is 0. The maximum atomic E-state index is 6.61. The Labute approximate surface area is 314 Å². The molecule has 4 aromatic heterocycles. The van der Waals surface area contributed by atoms with E-state index in [0.717, 1.165) is 83.4 Å². The molecule has 0 saturated carbocycles. The van der Waals surface area contributed by atoms with Gasteiger partial charge in [-0.05, 0) is 77.9 Å². The third-order valence-corrected chi connectivity index (χ3v) is 11.9. The van der Waals surface area contributed by atoms with Crippen molar-refractivity contribution in [3.8, 4) is 22.5 Å². The van der Waals surface area contributed by atoms with Gasteiger partial charge in [0.2, 0.25) is 0 Å². The van der Waals surface area contributed by atoms with Crippen molar-refractivity contribution in [1.82, 2.24) is 14.5 Å². The molecule has 0 amide bonds. The largest absolute Gasteiger partial charge is 0.455 e. The van der Waals surface area contributed by atoms with Gasteiger partial charge in [0.25, 0.3) is 0 Å². The van der Waals surface area contributed by atoms with E-state index in [1.807, 2.05) is 12.1 Å². The van der Waals surface area contributed by atoms with Gasteiger partial charge in [0.15, 0.2) is 0 Å². The second kappa shape index (κ2) is 10.8. The molecule has 0 spiro atoms. The van der Waals surface area contributed by atoms with Crippen LogP contribution in [-0.4, -0.2) is 15.7 Å². The molecule has 0 radical (unpaired) electrons. The lowest BCUT2D eigenvalue weighted by Gasteiger charge is -2.17. The molecule has 5 heterocycles. The maximum absolute atomic E-state index is 6.61. The molecular weight excluding hydrogens is 675 g/mol. The van der Waals surface area contributed by atoms with Crippen LogP contribution in [0.3, 0.4) is 0 Å². The van der Waals surface area contributed by atoms with Crippen LogP contribution in [0.2, 0.25) is 0 Å². The number of hydrogen-bond acceptors (Lipinski definition) is 3. The molecule has 1 aliphatic rings. The normalized spacial score (nSPS) is 14.6. The molecule has 12 aromatic rings. The van der Waals surface area contributed by atoms with Crippen LogP contribution in [0.25, 0.3) is 110 Å². The van der Waals surface area contributed by atoms with Gasteiger partial charge >= 0.3 is 0 Å². The van der Waals surface area contributed by atoms with Crippen LogP contribution in [0.5, 0.6) is 0 Å². The average Bonchev–Trinajstić information content (AvgIpc) is 3.63. The number of fused-ring (bicyclic) bond motifs is 14. The summed E-state index contributed by atoms with van der Waals surface area (Å²) < 4.78 is 18.1. The summed E-state index contributed by atoms with van der Waals surface area (Å²) >= 11 is 0. The number of benzene rings is 8. The topological polar surface area (TPSA) is 58.1 Å². The van der Waals surface area contributed by atoms with Crippen LogP contribution in [0.4, 0.5) is 0 Å². The summed E-state index contributed by atoms with van der Waals surface area (Å²) in [5.41, 5.74) is 14.3. The zero-order valence-corrected chi connectivity index (χ0v) is 29.6. The van der Waals surface area contributed by atoms with Crippen molar-refractivity contribution in [2.45, 2.75) is 6.04 Å². The summed E-state index contributed by atoms with van der Waals surface area (Å²) in [7, 11) is 0. The van der Waals surface area contributed by atoms with Crippen LogP contribution < -0.4 is 5.32 Å².